The molecule has 138 valence electrons. The number of carbonyl (C=O) groups is 1. The molecule has 26 heavy (non-hydrogen) atoms. The van der Waals surface area contributed by atoms with Crippen LogP contribution in [0.2, 0.25) is 0 Å². The third-order valence-electron chi connectivity index (χ3n) is 5.20. The highest BCUT2D eigenvalue weighted by molar-refractivity contribution is 5.85. The molecular formula is C21H25ClN2O2. The van der Waals surface area contributed by atoms with Crippen LogP contribution >= 0.6 is 12.4 Å². The first-order chi connectivity index (χ1) is 12.2. The van der Waals surface area contributed by atoms with Crippen LogP contribution in [0.15, 0.2) is 54.6 Å². The Morgan fingerprint density at radius 3 is 2.50 bits per heavy atom. The highest BCUT2D eigenvalue weighted by Gasteiger charge is 2.46. The van der Waals surface area contributed by atoms with Gasteiger partial charge in [0.15, 0.2) is 0 Å². The number of hydrogen-bond acceptors (Lipinski definition) is 3. The number of carbonyl (C=O) groups excluding carboxylic acids is 1. The summed E-state index contributed by atoms with van der Waals surface area (Å²) in [6, 6.07) is 18.5. The van der Waals surface area contributed by atoms with Crippen molar-refractivity contribution in [2.24, 2.45) is 11.7 Å². The predicted molar refractivity (Wildman–Crippen MR) is 104 cm³/mol. The Bertz CT molecular complexity index is 735. The molecule has 0 bridgehead atoms. The number of halogens is 1. The molecule has 5 heteroatoms. The summed E-state index contributed by atoms with van der Waals surface area (Å²) in [4.78, 5) is 14.4. The van der Waals surface area contributed by atoms with Gasteiger partial charge in [-0.2, -0.15) is 0 Å². The molecule has 2 aliphatic rings. The van der Waals surface area contributed by atoms with E-state index in [2.05, 4.69) is 24.3 Å². The molecule has 4 nitrogen and oxygen atoms in total. The lowest BCUT2D eigenvalue weighted by atomic mass is 10.1. The molecule has 4 rings (SSSR count). The van der Waals surface area contributed by atoms with E-state index in [1.165, 1.54) is 5.56 Å². The van der Waals surface area contributed by atoms with Gasteiger partial charge in [0.05, 0.1) is 0 Å². The number of ether oxygens (including phenoxy) is 1. The topological polar surface area (TPSA) is 55.6 Å². The summed E-state index contributed by atoms with van der Waals surface area (Å²) in [6.45, 7) is 2.10. The molecule has 2 unspecified atom stereocenters. The standard InChI is InChI=1S/C21H24N2O2.ClH/c22-17-10-11-23(13-17)21(24)20-12-19(20)16-6-8-18(9-7-16)25-14-15-4-2-1-3-5-15;/h1-9,17,19-20H,10-14,22H2;1H/t17-,19?,20?;/m1./s1. The normalized spacial score (nSPS) is 24.0. The van der Waals surface area contributed by atoms with Crippen molar-refractivity contribution in [2.45, 2.75) is 31.4 Å². The Kier molecular flexibility index (Phi) is 5.84. The third kappa shape index (κ3) is 4.19. The van der Waals surface area contributed by atoms with Crippen molar-refractivity contribution in [1.82, 2.24) is 4.90 Å². The lowest BCUT2D eigenvalue weighted by molar-refractivity contribution is -0.131. The Morgan fingerprint density at radius 2 is 1.85 bits per heavy atom. The number of likely N-dealkylation sites (tertiary alicyclic amines) is 1. The molecule has 2 aromatic rings. The monoisotopic (exact) mass is 372 g/mol. The van der Waals surface area contributed by atoms with Crippen LogP contribution in [-0.2, 0) is 11.4 Å². The van der Waals surface area contributed by atoms with Gasteiger partial charge in [-0.15, -0.1) is 12.4 Å². The molecule has 2 aromatic carbocycles. The van der Waals surface area contributed by atoms with Gasteiger partial charge in [0.1, 0.15) is 12.4 Å². The van der Waals surface area contributed by atoms with Crippen LogP contribution in [0.5, 0.6) is 5.75 Å². The summed E-state index contributed by atoms with van der Waals surface area (Å²) in [5, 5.41) is 0. The zero-order chi connectivity index (χ0) is 17.2. The fraction of sp³-hybridized carbons (Fsp3) is 0.381. The maximum atomic E-state index is 12.5. The van der Waals surface area contributed by atoms with E-state index >= 15 is 0 Å². The average molecular weight is 373 g/mol. The van der Waals surface area contributed by atoms with E-state index in [0.29, 0.717) is 19.1 Å². The zero-order valence-corrected chi connectivity index (χ0v) is 15.5. The lowest BCUT2D eigenvalue weighted by Crippen LogP contribution is -2.33. The number of amides is 1. The molecule has 0 radical (unpaired) electrons. The number of hydrogen-bond donors (Lipinski definition) is 1. The lowest BCUT2D eigenvalue weighted by Gasteiger charge is -2.15. The summed E-state index contributed by atoms with van der Waals surface area (Å²) in [5.41, 5.74) is 8.29. The van der Waals surface area contributed by atoms with Crippen molar-refractivity contribution in [2.75, 3.05) is 13.1 Å². The summed E-state index contributed by atoms with van der Waals surface area (Å²) in [5.74, 6) is 1.64. The minimum atomic E-state index is 0. The Balaban J connectivity index is 0.00000196. The van der Waals surface area contributed by atoms with Crippen LogP contribution in [-0.4, -0.2) is 29.9 Å². The first-order valence-corrected chi connectivity index (χ1v) is 9.02. The minimum Gasteiger partial charge on any atom is -0.489 e. The van der Waals surface area contributed by atoms with Crippen LogP contribution in [0.4, 0.5) is 0 Å². The highest BCUT2D eigenvalue weighted by atomic mass is 35.5. The predicted octanol–water partition coefficient (Wildman–Crippen LogP) is 3.35. The molecule has 1 aliphatic heterocycles. The van der Waals surface area contributed by atoms with Crippen molar-refractivity contribution >= 4 is 18.3 Å². The number of nitrogens with zero attached hydrogens (tertiary/aromatic N) is 1. The first kappa shape index (κ1) is 18.7. The molecule has 3 atom stereocenters. The molecular weight excluding hydrogens is 348 g/mol. The summed E-state index contributed by atoms with van der Waals surface area (Å²) in [7, 11) is 0. The third-order valence-corrected chi connectivity index (χ3v) is 5.20. The van der Waals surface area contributed by atoms with E-state index in [4.69, 9.17) is 10.5 Å². The summed E-state index contributed by atoms with van der Waals surface area (Å²) in [6.07, 6.45) is 1.88. The largest absolute Gasteiger partial charge is 0.489 e. The molecule has 1 aliphatic carbocycles. The quantitative estimate of drug-likeness (QED) is 0.875. The van der Waals surface area contributed by atoms with Gasteiger partial charge in [-0.3, -0.25) is 4.79 Å². The van der Waals surface area contributed by atoms with Gasteiger partial charge in [0, 0.05) is 25.0 Å². The Hall–Kier alpha value is -2.04. The first-order valence-electron chi connectivity index (χ1n) is 9.02. The summed E-state index contributed by atoms with van der Waals surface area (Å²) < 4.78 is 5.83. The highest BCUT2D eigenvalue weighted by Crippen LogP contribution is 2.49. The van der Waals surface area contributed by atoms with Gasteiger partial charge in [0.25, 0.3) is 0 Å². The van der Waals surface area contributed by atoms with Crippen LogP contribution in [0, 0.1) is 5.92 Å². The van der Waals surface area contributed by atoms with Crippen LogP contribution in [0.1, 0.15) is 29.9 Å². The van der Waals surface area contributed by atoms with E-state index < -0.39 is 0 Å². The van der Waals surface area contributed by atoms with Crippen molar-refractivity contribution < 1.29 is 9.53 Å². The molecule has 1 amide bonds. The molecule has 2 fully saturated rings. The Labute approximate surface area is 160 Å². The van der Waals surface area contributed by atoms with Crippen molar-refractivity contribution in [3.8, 4) is 5.75 Å². The van der Waals surface area contributed by atoms with E-state index in [-0.39, 0.29) is 30.3 Å². The molecule has 0 aromatic heterocycles. The fourth-order valence-corrected chi connectivity index (χ4v) is 3.61. The van der Waals surface area contributed by atoms with Crippen LogP contribution in [0.3, 0.4) is 0 Å². The fourth-order valence-electron chi connectivity index (χ4n) is 3.61. The van der Waals surface area contributed by atoms with Crippen molar-refractivity contribution in [3.05, 3.63) is 65.7 Å². The van der Waals surface area contributed by atoms with E-state index in [0.717, 1.165) is 30.7 Å². The zero-order valence-electron chi connectivity index (χ0n) is 14.7. The summed E-state index contributed by atoms with van der Waals surface area (Å²) >= 11 is 0. The molecule has 0 spiro atoms. The molecule has 1 heterocycles. The van der Waals surface area contributed by atoms with E-state index in [1.54, 1.807) is 0 Å². The molecule has 1 saturated heterocycles. The van der Waals surface area contributed by atoms with E-state index in [9.17, 15) is 4.79 Å². The number of rotatable bonds is 5. The second-order valence-electron chi connectivity index (χ2n) is 7.13. The van der Waals surface area contributed by atoms with Crippen molar-refractivity contribution in [1.29, 1.82) is 0 Å². The number of benzene rings is 2. The van der Waals surface area contributed by atoms with Gasteiger partial charge in [-0.1, -0.05) is 42.5 Å². The smallest absolute Gasteiger partial charge is 0.226 e. The van der Waals surface area contributed by atoms with Crippen LogP contribution < -0.4 is 10.5 Å². The Morgan fingerprint density at radius 1 is 1.12 bits per heavy atom. The van der Waals surface area contributed by atoms with Gasteiger partial charge in [0.2, 0.25) is 5.91 Å². The van der Waals surface area contributed by atoms with Gasteiger partial charge in [-0.25, -0.2) is 0 Å². The average Bonchev–Trinajstić information content (AvgIpc) is 3.34. The van der Waals surface area contributed by atoms with Gasteiger partial charge < -0.3 is 15.4 Å². The molecule has 1 saturated carbocycles. The molecule has 2 N–H and O–H groups in total. The maximum Gasteiger partial charge on any atom is 0.226 e. The number of nitrogens with two attached hydrogens (primary N) is 1. The van der Waals surface area contributed by atoms with E-state index in [1.807, 2.05) is 35.2 Å². The maximum absolute atomic E-state index is 12.5. The second kappa shape index (κ2) is 8.11. The van der Waals surface area contributed by atoms with Crippen molar-refractivity contribution in [3.63, 3.8) is 0 Å². The SMILES string of the molecule is Cl.N[C@@H]1CCN(C(=O)C2CC2c2ccc(OCc3ccccc3)cc2)C1. The van der Waals surface area contributed by atoms with Gasteiger partial charge in [-0.05, 0) is 42.0 Å². The van der Waals surface area contributed by atoms with Crippen LogP contribution in [0.25, 0.3) is 0 Å². The van der Waals surface area contributed by atoms with Gasteiger partial charge >= 0.3 is 0 Å². The second-order valence-corrected chi connectivity index (χ2v) is 7.13. The minimum absolute atomic E-state index is 0.